The van der Waals surface area contributed by atoms with E-state index >= 15 is 4.39 Å². The first kappa shape index (κ1) is 18.9. The normalized spacial score (nSPS) is 29.5. The van der Waals surface area contributed by atoms with E-state index in [1.165, 1.54) is 10.8 Å². The number of carbonyl (C=O) groups is 1. The molecule has 1 unspecified atom stereocenters. The van der Waals surface area contributed by atoms with Gasteiger partial charge >= 0.3 is 5.97 Å². The molecule has 2 fully saturated rings. The number of rotatable bonds is 3. The summed E-state index contributed by atoms with van der Waals surface area (Å²) in [7, 11) is 0. The maximum Gasteiger partial charge on any atom is 0.341 e. The Kier molecular flexibility index (Phi) is 4.05. The van der Waals surface area contributed by atoms with Crippen molar-refractivity contribution in [1.29, 1.82) is 0 Å². The summed E-state index contributed by atoms with van der Waals surface area (Å²) in [4.78, 5) is 26.0. The van der Waals surface area contributed by atoms with E-state index in [0.29, 0.717) is 29.9 Å². The zero-order valence-corrected chi connectivity index (χ0v) is 16.0. The molecule has 0 spiro atoms. The molecule has 2 aromatic rings. The molecule has 1 aliphatic carbocycles. The lowest BCUT2D eigenvalue weighted by Crippen LogP contribution is -2.43. The number of aryl methyl sites for hydroxylation is 1. The number of aromatic carboxylic acids is 1. The minimum atomic E-state index is -1.41. The average molecular weight is 391 g/mol. The van der Waals surface area contributed by atoms with Gasteiger partial charge in [-0.15, -0.1) is 0 Å². The van der Waals surface area contributed by atoms with Gasteiger partial charge in [0.05, 0.1) is 17.2 Å². The van der Waals surface area contributed by atoms with Gasteiger partial charge in [0.2, 0.25) is 5.43 Å². The van der Waals surface area contributed by atoms with E-state index < -0.39 is 40.5 Å². The Morgan fingerprint density at radius 3 is 2.57 bits per heavy atom. The third-order valence-corrected chi connectivity index (χ3v) is 6.21. The number of anilines is 1. The van der Waals surface area contributed by atoms with Crippen LogP contribution in [0.15, 0.2) is 17.1 Å². The van der Waals surface area contributed by atoms with E-state index in [1.54, 1.807) is 6.92 Å². The maximum atomic E-state index is 15.1. The van der Waals surface area contributed by atoms with E-state index in [0.717, 1.165) is 6.07 Å². The van der Waals surface area contributed by atoms with Gasteiger partial charge in [0.1, 0.15) is 17.6 Å². The van der Waals surface area contributed by atoms with E-state index in [9.17, 15) is 19.1 Å². The van der Waals surface area contributed by atoms with Crippen molar-refractivity contribution < 1.29 is 18.7 Å². The highest BCUT2D eigenvalue weighted by Crippen LogP contribution is 2.43. The quantitative estimate of drug-likeness (QED) is 0.840. The highest BCUT2D eigenvalue weighted by atomic mass is 19.1. The Morgan fingerprint density at radius 1 is 1.43 bits per heavy atom. The van der Waals surface area contributed by atoms with Gasteiger partial charge in [0.15, 0.2) is 0 Å². The molecule has 4 rings (SSSR count). The zero-order valence-electron chi connectivity index (χ0n) is 16.0. The molecule has 3 N–H and O–H groups in total. The number of nitrogens with zero attached hydrogens (tertiary/aromatic N) is 2. The van der Waals surface area contributed by atoms with Gasteiger partial charge in [-0.05, 0) is 31.4 Å². The second kappa shape index (κ2) is 6.01. The lowest BCUT2D eigenvalue weighted by molar-refractivity contribution is 0.0694. The van der Waals surface area contributed by atoms with Crippen molar-refractivity contribution in [3.8, 4) is 0 Å². The van der Waals surface area contributed by atoms with Crippen molar-refractivity contribution >= 4 is 22.6 Å². The van der Waals surface area contributed by atoms with Crippen LogP contribution in [-0.2, 0) is 0 Å². The summed E-state index contributed by atoms with van der Waals surface area (Å²) in [5.74, 6) is -1.88. The van der Waals surface area contributed by atoms with Gasteiger partial charge < -0.3 is 20.3 Å². The molecule has 8 heteroatoms. The van der Waals surface area contributed by atoms with E-state index in [2.05, 4.69) is 0 Å². The Labute approximate surface area is 160 Å². The summed E-state index contributed by atoms with van der Waals surface area (Å²) < 4.78 is 30.4. The van der Waals surface area contributed by atoms with Crippen molar-refractivity contribution in [3.63, 3.8) is 0 Å². The maximum absolute atomic E-state index is 15.1. The van der Waals surface area contributed by atoms with Crippen LogP contribution in [-0.4, -0.2) is 40.4 Å². The number of pyridine rings is 1. The monoisotopic (exact) mass is 391 g/mol. The van der Waals surface area contributed by atoms with Crippen LogP contribution >= 0.6 is 0 Å². The van der Waals surface area contributed by atoms with Gasteiger partial charge in [-0.1, -0.05) is 6.92 Å². The highest BCUT2D eigenvalue weighted by molar-refractivity contribution is 5.95. The molecule has 0 amide bonds. The molecular weight excluding hydrogens is 368 g/mol. The summed E-state index contributed by atoms with van der Waals surface area (Å²) in [5, 5.41) is 9.31. The molecule has 4 atom stereocenters. The SMILES string of the molecule is Cc1c(N2CC(C)[C@](C)(N)C2)c(F)cc2c(=O)c(C(=O)O)cn([C@@H]3C[C@@H]3F)c12. The number of aromatic nitrogens is 1. The van der Waals surface area contributed by atoms with Crippen LogP contribution in [0.1, 0.15) is 42.2 Å². The van der Waals surface area contributed by atoms with Crippen molar-refractivity contribution in [3.05, 3.63) is 39.4 Å². The fraction of sp³-hybridized carbons (Fsp3) is 0.500. The smallest absolute Gasteiger partial charge is 0.341 e. The molecule has 1 aliphatic heterocycles. The first-order valence-electron chi connectivity index (χ1n) is 9.32. The number of carboxylic acid groups (broad SMARTS) is 1. The molecule has 1 saturated carbocycles. The third-order valence-electron chi connectivity index (χ3n) is 6.21. The van der Waals surface area contributed by atoms with Gasteiger partial charge in [0.25, 0.3) is 0 Å². The molecule has 0 radical (unpaired) electrons. The standard InChI is InChI=1S/C20H23F2N3O3/c1-9-6-24(8-20(9,3)23)17-10(2)16-11(4-14(17)22)18(26)12(19(27)28)7-25(16)15-5-13(15)21/h4,7,9,13,15H,5-6,8,23H2,1-3H3,(H,27,28)/t9?,13-,15+,20+/m0/s1. The Balaban J connectivity index is 1.99. The number of halogens is 2. The molecule has 1 aromatic carbocycles. The van der Waals surface area contributed by atoms with Crippen LogP contribution in [0.3, 0.4) is 0 Å². The van der Waals surface area contributed by atoms with Crippen molar-refractivity contribution in [2.24, 2.45) is 11.7 Å². The molecule has 28 heavy (non-hydrogen) atoms. The zero-order chi connectivity index (χ0) is 20.5. The van der Waals surface area contributed by atoms with Gasteiger partial charge in [-0.2, -0.15) is 0 Å². The second-order valence-corrected chi connectivity index (χ2v) is 8.42. The number of hydrogen-bond acceptors (Lipinski definition) is 4. The predicted octanol–water partition coefficient (Wildman–Crippen LogP) is 2.60. The summed E-state index contributed by atoms with van der Waals surface area (Å²) >= 11 is 0. The van der Waals surface area contributed by atoms with Gasteiger partial charge in [-0.3, -0.25) is 4.79 Å². The van der Waals surface area contributed by atoms with E-state index in [-0.39, 0.29) is 17.7 Å². The van der Waals surface area contributed by atoms with Gasteiger partial charge in [0, 0.05) is 36.6 Å². The minimum absolute atomic E-state index is 0.0412. The Morgan fingerprint density at radius 2 is 2.07 bits per heavy atom. The van der Waals surface area contributed by atoms with E-state index in [1.807, 2.05) is 18.7 Å². The highest BCUT2D eigenvalue weighted by Gasteiger charge is 2.42. The van der Waals surface area contributed by atoms with Crippen molar-refractivity contribution in [2.45, 2.75) is 44.9 Å². The topological polar surface area (TPSA) is 88.6 Å². The van der Waals surface area contributed by atoms with Crippen LogP contribution in [0.25, 0.3) is 10.9 Å². The van der Waals surface area contributed by atoms with E-state index in [4.69, 9.17) is 5.73 Å². The number of carboxylic acids is 1. The number of fused-ring (bicyclic) bond motifs is 1. The fourth-order valence-electron chi connectivity index (χ4n) is 4.25. The number of nitrogens with two attached hydrogens (primary N) is 1. The molecule has 1 aromatic heterocycles. The molecule has 2 aliphatic rings. The Hall–Kier alpha value is -2.48. The summed E-state index contributed by atoms with van der Waals surface area (Å²) in [5.41, 5.74) is 5.79. The van der Waals surface area contributed by atoms with Crippen LogP contribution in [0, 0.1) is 18.7 Å². The summed E-state index contributed by atoms with van der Waals surface area (Å²) in [6.07, 6.45) is 0.315. The minimum Gasteiger partial charge on any atom is -0.477 e. The average Bonchev–Trinajstić information content (AvgIpc) is 3.24. The van der Waals surface area contributed by atoms with Crippen LogP contribution in [0.5, 0.6) is 0 Å². The number of benzene rings is 1. The first-order valence-corrected chi connectivity index (χ1v) is 9.32. The molecule has 150 valence electrons. The van der Waals surface area contributed by atoms with Gasteiger partial charge in [-0.25, -0.2) is 13.6 Å². The van der Waals surface area contributed by atoms with Crippen LogP contribution in [0.2, 0.25) is 0 Å². The second-order valence-electron chi connectivity index (χ2n) is 8.42. The number of hydrogen-bond donors (Lipinski definition) is 2. The first-order chi connectivity index (χ1) is 13.0. The molecule has 0 bridgehead atoms. The predicted molar refractivity (Wildman–Crippen MR) is 102 cm³/mol. The van der Waals surface area contributed by atoms with Crippen LogP contribution < -0.4 is 16.1 Å². The molecule has 6 nitrogen and oxygen atoms in total. The molecule has 1 saturated heterocycles. The summed E-state index contributed by atoms with van der Waals surface area (Å²) in [6.45, 7) is 6.61. The number of alkyl halides is 1. The lowest BCUT2D eigenvalue weighted by atomic mass is 9.92. The molecular formula is C20H23F2N3O3. The van der Waals surface area contributed by atoms with Crippen molar-refractivity contribution in [2.75, 3.05) is 18.0 Å². The third kappa shape index (κ3) is 2.70. The lowest BCUT2D eigenvalue weighted by Gasteiger charge is -2.26. The Bertz CT molecular complexity index is 1060. The fourth-order valence-corrected chi connectivity index (χ4v) is 4.25. The summed E-state index contributed by atoms with van der Waals surface area (Å²) in [6, 6.07) is 0.533. The molecule has 2 heterocycles. The van der Waals surface area contributed by atoms with Crippen molar-refractivity contribution in [1.82, 2.24) is 4.57 Å². The van der Waals surface area contributed by atoms with Crippen LogP contribution in [0.4, 0.5) is 14.5 Å². The largest absolute Gasteiger partial charge is 0.477 e.